The maximum Gasteiger partial charge on any atom is 0.0998 e. The van der Waals surface area contributed by atoms with Crippen molar-refractivity contribution in [3.63, 3.8) is 0 Å². The molecule has 2 aromatic heterocycles. The normalized spacial score (nSPS) is 11.3. The molecule has 0 aliphatic rings. The Kier molecular flexibility index (Phi) is 6.44. The van der Waals surface area contributed by atoms with E-state index < -0.39 is 0 Å². The zero-order valence-corrected chi connectivity index (χ0v) is 26.7. The first kappa shape index (κ1) is 28.4. The summed E-state index contributed by atoms with van der Waals surface area (Å²) >= 11 is 0. The molecule has 4 heteroatoms. The molecule has 0 bridgehead atoms. The molecule has 0 N–H and O–H groups in total. The topological polar surface area (TPSA) is 57.4 Å². The van der Waals surface area contributed by atoms with Crippen LogP contribution in [-0.2, 0) is 0 Å². The molecule has 0 fully saturated rings. The summed E-state index contributed by atoms with van der Waals surface area (Å²) in [5.41, 5.74) is 12.8. The smallest absolute Gasteiger partial charge is 0.0998 e. The highest BCUT2D eigenvalue weighted by molar-refractivity contribution is 6.11. The number of fused-ring (bicyclic) bond motifs is 6. The molecule has 9 rings (SSSR count). The van der Waals surface area contributed by atoms with E-state index in [0.717, 1.165) is 61.0 Å². The maximum absolute atomic E-state index is 10.4. The lowest BCUT2D eigenvalue weighted by Crippen LogP contribution is -1.99. The van der Waals surface area contributed by atoms with Gasteiger partial charge in [0.15, 0.2) is 0 Å². The van der Waals surface area contributed by atoms with Crippen LogP contribution in [0.2, 0.25) is 0 Å². The molecule has 0 atom stereocenters. The molecule has 0 saturated carbocycles. The van der Waals surface area contributed by atoms with Crippen LogP contribution in [0.25, 0.3) is 77.2 Å². The molecule has 2 heterocycles. The monoisotopic (exact) mass is 624 g/mol. The highest BCUT2D eigenvalue weighted by Crippen LogP contribution is 2.39. The van der Waals surface area contributed by atoms with E-state index in [4.69, 9.17) is 0 Å². The van der Waals surface area contributed by atoms with E-state index in [1.807, 2.05) is 48.5 Å². The van der Waals surface area contributed by atoms with Gasteiger partial charge in [-0.05, 0) is 90.3 Å². The van der Waals surface area contributed by atoms with Gasteiger partial charge in [0.2, 0.25) is 0 Å². The minimum Gasteiger partial charge on any atom is -0.309 e. The molecular weight excluding hydrogens is 597 g/mol. The summed E-state index contributed by atoms with van der Waals surface area (Å²) in [6, 6.07) is 57.2. The maximum atomic E-state index is 10.4. The van der Waals surface area contributed by atoms with Crippen molar-refractivity contribution >= 4 is 43.6 Å². The minimum absolute atomic E-state index is 0.610. The Balaban J connectivity index is 1.25. The van der Waals surface area contributed by atoms with E-state index >= 15 is 0 Å². The third kappa shape index (κ3) is 4.43. The van der Waals surface area contributed by atoms with Gasteiger partial charge in [0.1, 0.15) is 0 Å². The largest absolute Gasteiger partial charge is 0.309 e. The predicted octanol–water partition coefficient (Wildman–Crippen LogP) is 11.3. The molecule has 9 aromatic rings. The van der Waals surface area contributed by atoms with Crippen molar-refractivity contribution in [1.29, 1.82) is 10.5 Å². The second-order valence-electron chi connectivity index (χ2n) is 12.5. The van der Waals surface area contributed by atoms with Gasteiger partial charge in [-0.15, -0.1) is 0 Å². The minimum atomic E-state index is 0.610. The zero-order chi connectivity index (χ0) is 33.1. The fraction of sp³-hybridized carbons (Fsp3) is 0.0222. The Hall–Kier alpha value is -6.88. The third-order valence-corrected chi connectivity index (χ3v) is 9.61. The van der Waals surface area contributed by atoms with Crippen LogP contribution in [0, 0.1) is 29.6 Å². The highest BCUT2D eigenvalue weighted by Gasteiger charge is 2.19. The van der Waals surface area contributed by atoms with Gasteiger partial charge < -0.3 is 9.13 Å². The molecule has 0 aliphatic heterocycles. The van der Waals surface area contributed by atoms with Gasteiger partial charge in [-0.1, -0.05) is 84.9 Å². The van der Waals surface area contributed by atoms with Crippen molar-refractivity contribution in [2.75, 3.05) is 0 Å². The van der Waals surface area contributed by atoms with E-state index in [1.165, 1.54) is 21.8 Å². The first-order valence-electron chi connectivity index (χ1n) is 16.3. The van der Waals surface area contributed by atoms with E-state index in [2.05, 4.69) is 131 Å². The van der Waals surface area contributed by atoms with E-state index in [0.29, 0.717) is 11.1 Å². The molecule has 4 nitrogen and oxygen atoms in total. The number of benzene rings is 7. The summed E-state index contributed by atoms with van der Waals surface area (Å²) < 4.78 is 4.60. The van der Waals surface area contributed by atoms with Crippen molar-refractivity contribution in [2.24, 2.45) is 0 Å². The van der Waals surface area contributed by atoms with Crippen molar-refractivity contribution < 1.29 is 0 Å². The number of para-hydroxylation sites is 4. The van der Waals surface area contributed by atoms with Crippen molar-refractivity contribution in [3.8, 4) is 45.8 Å². The highest BCUT2D eigenvalue weighted by atomic mass is 15.0. The van der Waals surface area contributed by atoms with Crippen LogP contribution < -0.4 is 0 Å². The van der Waals surface area contributed by atoms with Gasteiger partial charge >= 0.3 is 0 Å². The van der Waals surface area contributed by atoms with E-state index in [-0.39, 0.29) is 0 Å². The predicted molar refractivity (Wildman–Crippen MR) is 200 cm³/mol. The third-order valence-electron chi connectivity index (χ3n) is 9.61. The fourth-order valence-electron chi connectivity index (χ4n) is 7.50. The van der Waals surface area contributed by atoms with Gasteiger partial charge in [0.05, 0.1) is 51.0 Å². The Morgan fingerprint density at radius 3 is 1.76 bits per heavy atom. The molecule has 49 heavy (non-hydrogen) atoms. The quantitative estimate of drug-likeness (QED) is 0.196. The second kappa shape index (κ2) is 11.1. The van der Waals surface area contributed by atoms with Crippen molar-refractivity contribution in [2.45, 2.75) is 6.92 Å². The first-order valence-corrected chi connectivity index (χ1v) is 16.3. The van der Waals surface area contributed by atoms with Gasteiger partial charge in [-0.25, -0.2) is 0 Å². The SMILES string of the molecule is Cc1cc(-c2ccc(C#N)c(-c3ccccc3-n3c4ccccc4c4cc(C#N)ccc43)c2)cc(-n2c3ccccc3c3ccccc32)c1. The summed E-state index contributed by atoms with van der Waals surface area (Å²) in [7, 11) is 0. The van der Waals surface area contributed by atoms with E-state index in [1.54, 1.807) is 0 Å². The Bertz CT molecular complexity index is 2820. The van der Waals surface area contributed by atoms with E-state index in [9.17, 15) is 10.5 Å². The summed E-state index contributed by atoms with van der Waals surface area (Å²) in [6.45, 7) is 2.14. The van der Waals surface area contributed by atoms with Crippen molar-refractivity contribution in [1.82, 2.24) is 9.13 Å². The lowest BCUT2D eigenvalue weighted by Gasteiger charge is -2.17. The molecule has 0 amide bonds. The Morgan fingerprint density at radius 2 is 1.06 bits per heavy atom. The number of aromatic nitrogens is 2. The van der Waals surface area contributed by atoms with Crippen LogP contribution in [0.15, 0.2) is 152 Å². The average Bonchev–Trinajstić information content (AvgIpc) is 3.67. The van der Waals surface area contributed by atoms with Crippen LogP contribution >= 0.6 is 0 Å². The van der Waals surface area contributed by atoms with Crippen LogP contribution in [0.3, 0.4) is 0 Å². The lowest BCUT2D eigenvalue weighted by molar-refractivity contribution is 1.17. The van der Waals surface area contributed by atoms with Gasteiger partial charge in [0.25, 0.3) is 0 Å². The summed E-state index contributed by atoms with van der Waals surface area (Å²) in [5.74, 6) is 0. The van der Waals surface area contributed by atoms with Gasteiger partial charge in [-0.3, -0.25) is 0 Å². The molecule has 0 unspecified atom stereocenters. The van der Waals surface area contributed by atoms with Gasteiger partial charge in [-0.2, -0.15) is 10.5 Å². The number of nitriles is 2. The summed E-state index contributed by atoms with van der Waals surface area (Å²) in [6.07, 6.45) is 0. The van der Waals surface area contributed by atoms with Gasteiger partial charge in [0, 0.05) is 38.4 Å². The molecule has 0 radical (unpaired) electrons. The molecule has 0 aliphatic carbocycles. The number of hydrogen-bond acceptors (Lipinski definition) is 2. The number of rotatable bonds is 4. The molecular formula is C45H28N4. The summed E-state index contributed by atoms with van der Waals surface area (Å²) in [5, 5.41) is 24.6. The number of hydrogen-bond donors (Lipinski definition) is 0. The molecule has 0 spiro atoms. The average molecular weight is 625 g/mol. The molecule has 7 aromatic carbocycles. The van der Waals surface area contributed by atoms with Crippen LogP contribution in [0.4, 0.5) is 0 Å². The van der Waals surface area contributed by atoms with Crippen molar-refractivity contribution in [3.05, 3.63) is 168 Å². The number of nitrogens with zero attached hydrogens (tertiary/aromatic N) is 4. The van der Waals surface area contributed by atoms with Crippen LogP contribution in [0.5, 0.6) is 0 Å². The molecule has 0 saturated heterocycles. The zero-order valence-electron chi connectivity index (χ0n) is 26.7. The van der Waals surface area contributed by atoms with Crippen LogP contribution in [-0.4, -0.2) is 9.13 Å². The Labute approximate surface area is 283 Å². The second-order valence-corrected chi connectivity index (χ2v) is 12.5. The van der Waals surface area contributed by atoms with Crippen LogP contribution in [0.1, 0.15) is 16.7 Å². The molecule has 228 valence electrons. The standard InChI is InChI=1S/C45H28N4/c1-29-22-33(25-34(23-29)48-41-14-6-2-10-35(41)36-11-3-7-15-42(36)48)31-19-20-32(28-47)39(26-31)37-12-4-8-16-43(37)49-44-17-9-5-13-38(44)40-24-30(27-46)18-21-45(40)49/h2-26H,1H3. The lowest BCUT2D eigenvalue weighted by atomic mass is 9.93. The number of aryl methyl sites for hydroxylation is 1. The Morgan fingerprint density at radius 1 is 0.449 bits per heavy atom. The fourth-order valence-corrected chi connectivity index (χ4v) is 7.50. The summed E-state index contributed by atoms with van der Waals surface area (Å²) in [4.78, 5) is 0. The first-order chi connectivity index (χ1) is 24.1.